The molecule has 0 spiro atoms. The van der Waals surface area contributed by atoms with Gasteiger partial charge in [0.1, 0.15) is 5.76 Å². The number of aryl methyl sites for hydroxylation is 1. The maximum Gasteiger partial charge on any atom is 0.307 e. The first-order valence-corrected chi connectivity index (χ1v) is 5.45. The van der Waals surface area contributed by atoms with Crippen LogP contribution in [-0.4, -0.2) is 10.9 Å². The van der Waals surface area contributed by atoms with Crippen molar-refractivity contribution in [2.75, 3.05) is 0 Å². The number of aromatic nitrogens is 1. The maximum atomic E-state index is 11.8. The topological polar surface area (TPSA) is 55.1 Å². The standard InChI is InChI=1S/C13H14N2O2/c1-9-8-14-13(17-9)12(16)15-10(2)11-6-4-3-5-7-11/h3-8,10H,1-2H3,(H,15,16). The number of oxazole rings is 1. The lowest BCUT2D eigenvalue weighted by Gasteiger charge is -2.12. The Labute approximate surface area is 99.7 Å². The first kappa shape index (κ1) is 11.4. The molecule has 4 nitrogen and oxygen atoms in total. The van der Waals surface area contributed by atoms with Crippen LogP contribution in [0.25, 0.3) is 0 Å². The Bertz CT molecular complexity index is 505. The summed E-state index contributed by atoms with van der Waals surface area (Å²) in [5.41, 5.74) is 1.05. The predicted octanol–water partition coefficient (Wildman–Crippen LogP) is 2.47. The van der Waals surface area contributed by atoms with Crippen molar-refractivity contribution in [3.05, 3.63) is 53.7 Å². The molecule has 0 radical (unpaired) electrons. The number of carbonyl (C=O) groups excluding carboxylic acids is 1. The van der Waals surface area contributed by atoms with E-state index in [-0.39, 0.29) is 17.8 Å². The number of nitrogens with zero attached hydrogens (tertiary/aromatic N) is 1. The molecule has 0 fully saturated rings. The van der Waals surface area contributed by atoms with Gasteiger partial charge in [-0.25, -0.2) is 4.98 Å². The smallest absolute Gasteiger partial charge is 0.307 e. The summed E-state index contributed by atoms with van der Waals surface area (Å²) in [6, 6.07) is 9.67. The number of hydrogen-bond acceptors (Lipinski definition) is 3. The SMILES string of the molecule is Cc1cnc(C(=O)NC(C)c2ccccc2)o1. The van der Waals surface area contributed by atoms with Gasteiger partial charge in [-0.15, -0.1) is 0 Å². The lowest BCUT2D eigenvalue weighted by molar-refractivity contribution is 0.0903. The van der Waals surface area contributed by atoms with Gasteiger partial charge in [-0.3, -0.25) is 4.79 Å². The minimum atomic E-state index is -0.297. The van der Waals surface area contributed by atoms with Crippen molar-refractivity contribution in [2.24, 2.45) is 0 Å². The van der Waals surface area contributed by atoms with E-state index >= 15 is 0 Å². The first-order chi connectivity index (χ1) is 8.16. The second kappa shape index (κ2) is 4.82. The van der Waals surface area contributed by atoms with Crippen molar-refractivity contribution in [1.29, 1.82) is 0 Å². The highest BCUT2D eigenvalue weighted by Crippen LogP contribution is 2.12. The molecule has 1 N–H and O–H groups in total. The van der Waals surface area contributed by atoms with Gasteiger partial charge < -0.3 is 9.73 Å². The molecule has 0 saturated carbocycles. The largest absolute Gasteiger partial charge is 0.438 e. The second-order valence-electron chi connectivity index (χ2n) is 3.88. The Morgan fingerprint density at radius 1 is 1.35 bits per heavy atom. The van der Waals surface area contributed by atoms with Crippen LogP contribution in [0.15, 0.2) is 40.9 Å². The van der Waals surface area contributed by atoms with Crippen molar-refractivity contribution in [1.82, 2.24) is 10.3 Å². The minimum Gasteiger partial charge on any atom is -0.438 e. The van der Waals surface area contributed by atoms with Crippen LogP contribution < -0.4 is 5.32 Å². The van der Waals surface area contributed by atoms with Crippen LogP contribution in [0.4, 0.5) is 0 Å². The molecule has 1 aromatic heterocycles. The van der Waals surface area contributed by atoms with Crippen molar-refractivity contribution in [3.63, 3.8) is 0 Å². The van der Waals surface area contributed by atoms with E-state index in [0.717, 1.165) is 5.56 Å². The molecule has 0 bridgehead atoms. The van der Waals surface area contributed by atoms with Crippen molar-refractivity contribution in [3.8, 4) is 0 Å². The minimum absolute atomic E-state index is 0.0732. The van der Waals surface area contributed by atoms with E-state index in [1.807, 2.05) is 37.3 Å². The Morgan fingerprint density at radius 3 is 2.65 bits per heavy atom. The lowest BCUT2D eigenvalue weighted by Crippen LogP contribution is -2.26. The van der Waals surface area contributed by atoms with Crippen LogP contribution in [0, 0.1) is 6.92 Å². The fourth-order valence-corrected chi connectivity index (χ4v) is 1.54. The Kier molecular flexibility index (Phi) is 3.23. The average Bonchev–Trinajstić information content (AvgIpc) is 2.77. The monoisotopic (exact) mass is 230 g/mol. The highest BCUT2D eigenvalue weighted by molar-refractivity contribution is 5.89. The first-order valence-electron chi connectivity index (χ1n) is 5.45. The number of benzene rings is 1. The number of nitrogens with one attached hydrogen (secondary N) is 1. The van der Waals surface area contributed by atoms with Crippen molar-refractivity contribution in [2.45, 2.75) is 19.9 Å². The van der Waals surface area contributed by atoms with Crippen LogP contribution in [0.2, 0.25) is 0 Å². The molecule has 4 heteroatoms. The third-order valence-electron chi connectivity index (χ3n) is 2.46. The van der Waals surface area contributed by atoms with Gasteiger partial charge in [0.05, 0.1) is 12.2 Å². The molecule has 1 atom stereocenters. The van der Waals surface area contributed by atoms with E-state index in [1.54, 1.807) is 6.92 Å². The molecule has 0 aliphatic rings. The third-order valence-corrected chi connectivity index (χ3v) is 2.46. The third kappa shape index (κ3) is 2.72. The van der Waals surface area contributed by atoms with Gasteiger partial charge in [0.2, 0.25) is 0 Å². The fraction of sp³-hybridized carbons (Fsp3) is 0.231. The zero-order valence-electron chi connectivity index (χ0n) is 9.81. The van der Waals surface area contributed by atoms with Gasteiger partial charge in [0.25, 0.3) is 5.89 Å². The molecule has 88 valence electrons. The van der Waals surface area contributed by atoms with Gasteiger partial charge in [-0.2, -0.15) is 0 Å². The molecular formula is C13H14N2O2. The number of amides is 1. The highest BCUT2D eigenvalue weighted by atomic mass is 16.4. The summed E-state index contributed by atoms with van der Waals surface area (Å²) in [5.74, 6) is 0.433. The molecule has 1 amide bonds. The Hall–Kier alpha value is -2.10. The summed E-state index contributed by atoms with van der Waals surface area (Å²) in [5, 5.41) is 2.83. The van der Waals surface area contributed by atoms with Crippen LogP contribution in [0.1, 0.15) is 35.0 Å². The van der Waals surface area contributed by atoms with E-state index in [4.69, 9.17) is 4.42 Å². The summed E-state index contributed by atoms with van der Waals surface area (Å²) in [6.45, 7) is 3.67. The number of rotatable bonds is 3. The number of hydrogen-bond donors (Lipinski definition) is 1. The molecule has 2 aromatic rings. The van der Waals surface area contributed by atoms with Crippen LogP contribution in [0.3, 0.4) is 0 Å². The summed E-state index contributed by atoms with van der Waals surface area (Å²) >= 11 is 0. The molecule has 1 unspecified atom stereocenters. The van der Waals surface area contributed by atoms with Crippen molar-refractivity contribution < 1.29 is 9.21 Å². The zero-order valence-corrected chi connectivity index (χ0v) is 9.81. The average molecular weight is 230 g/mol. The Morgan fingerprint density at radius 2 is 2.06 bits per heavy atom. The van der Waals surface area contributed by atoms with Gasteiger partial charge in [0.15, 0.2) is 0 Å². The quantitative estimate of drug-likeness (QED) is 0.881. The summed E-state index contributed by atoms with van der Waals surface area (Å²) in [4.78, 5) is 15.7. The highest BCUT2D eigenvalue weighted by Gasteiger charge is 2.15. The predicted molar refractivity (Wildman–Crippen MR) is 63.6 cm³/mol. The molecule has 0 aliphatic heterocycles. The molecule has 0 aliphatic carbocycles. The van der Waals surface area contributed by atoms with E-state index in [0.29, 0.717) is 5.76 Å². The van der Waals surface area contributed by atoms with E-state index < -0.39 is 0 Å². The van der Waals surface area contributed by atoms with Crippen LogP contribution in [0.5, 0.6) is 0 Å². The molecule has 1 aromatic carbocycles. The van der Waals surface area contributed by atoms with E-state index in [2.05, 4.69) is 10.3 Å². The fourth-order valence-electron chi connectivity index (χ4n) is 1.54. The van der Waals surface area contributed by atoms with Crippen molar-refractivity contribution >= 4 is 5.91 Å². The Balaban J connectivity index is 2.04. The van der Waals surface area contributed by atoms with E-state index in [1.165, 1.54) is 6.20 Å². The number of carbonyl (C=O) groups is 1. The molecule has 17 heavy (non-hydrogen) atoms. The molecular weight excluding hydrogens is 216 g/mol. The normalized spacial score (nSPS) is 12.1. The molecule has 2 rings (SSSR count). The molecule has 1 heterocycles. The van der Waals surface area contributed by atoms with Gasteiger partial charge in [0, 0.05) is 0 Å². The van der Waals surface area contributed by atoms with Gasteiger partial charge in [-0.1, -0.05) is 30.3 Å². The van der Waals surface area contributed by atoms with Gasteiger partial charge >= 0.3 is 5.91 Å². The molecule has 0 saturated heterocycles. The van der Waals surface area contributed by atoms with Crippen LogP contribution in [-0.2, 0) is 0 Å². The second-order valence-corrected chi connectivity index (χ2v) is 3.88. The summed E-state index contributed by atoms with van der Waals surface area (Å²) in [7, 11) is 0. The summed E-state index contributed by atoms with van der Waals surface area (Å²) in [6.07, 6.45) is 1.53. The van der Waals surface area contributed by atoms with Gasteiger partial charge in [-0.05, 0) is 19.4 Å². The lowest BCUT2D eigenvalue weighted by atomic mass is 10.1. The zero-order chi connectivity index (χ0) is 12.3. The maximum absolute atomic E-state index is 11.8. The van der Waals surface area contributed by atoms with E-state index in [9.17, 15) is 4.79 Å². The summed E-state index contributed by atoms with van der Waals surface area (Å²) < 4.78 is 5.16. The van der Waals surface area contributed by atoms with Crippen LogP contribution >= 0.6 is 0 Å².